The van der Waals surface area contributed by atoms with Crippen LogP contribution in [0.2, 0.25) is 5.02 Å². The number of amides is 1. The van der Waals surface area contributed by atoms with E-state index in [0.29, 0.717) is 11.3 Å². The Morgan fingerprint density at radius 1 is 1.21 bits per heavy atom. The Morgan fingerprint density at radius 2 is 1.92 bits per heavy atom. The molecule has 2 aromatic rings. The fourth-order valence-corrected chi connectivity index (χ4v) is 2.18. The normalized spacial score (nSPS) is 11.5. The van der Waals surface area contributed by atoms with Gasteiger partial charge in [0.05, 0.1) is 18.4 Å². The first-order valence-electron chi connectivity index (χ1n) is 6.80. The van der Waals surface area contributed by atoms with Crippen molar-refractivity contribution in [3.8, 4) is 5.75 Å². The molecule has 24 heavy (non-hydrogen) atoms. The number of hydrogen-bond acceptors (Lipinski definition) is 2. The van der Waals surface area contributed by atoms with Gasteiger partial charge in [0.1, 0.15) is 5.75 Å². The van der Waals surface area contributed by atoms with E-state index >= 15 is 0 Å². The Morgan fingerprint density at radius 3 is 2.58 bits per heavy atom. The molecule has 2 aromatic carbocycles. The third-order valence-electron chi connectivity index (χ3n) is 3.10. The summed E-state index contributed by atoms with van der Waals surface area (Å²) in [5.41, 5.74) is -0.738. The lowest BCUT2D eigenvalue weighted by Crippen LogP contribution is -2.14. The molecule has 0 atom stereocenters. The summed E-state index contributed by atoms with van der Waals surface area (Å²) in [6.07, 6.45) is -2.04. The Bertz CT molecular complexity index is 773. The molecule has 0 fully saturated rings. The molecule has 0 aliphatic heterocycles. The molecule has 7 heteroatoms. The summed E-state index contributed by atoms with van der Waals surface area (Å²) < 4.78 is 44.1. The zero-order valence-electron chi connectivity index (χ0n) is 12.5. The van der Waals surface area contributed by atoms with Crippen LogP contribution in [0.25, 0.3) is 6.08 Å². The topological polar surface area (TPSA) is 38.3 Å². The quantitative estimate of drug-likeness (QED) is 0.782. The van der Waals surface area contributed by atoms with E-state index in [9.17, 15) is 18.0 Å². The van der Waals surface area contributed by atoms with E-state index in [1.807, 2.05) is 0 Å². The fourth-order valence-electron chi connectivity index (χ4n) is 2.00. The van der Waals surface area contributed by atoms with E-state index < -0.39 is 17.6 Å². The molecule has 0 aliphatic rings. The highest BCUT2D eigenvalue weighted by molar-refractivity contribution is 6.30. The van der Waals surface area contributed by atoms with Crippen molar-refractivity contribution in [2.24, 2.45) is 0 Å². The van der Waals surface area contributed by atoms with Crippen LogP contribution >= 0.6 is 11.6 Å². The summed E-state index contributed by atoms with van der Waals surface area (Å²) in [5.74, 6) is -0.155. The highest BCUT2D eigenvalue weighted by atomic mass is 35.5. The van der Waals surface area contributed by atoms with E-state index in [-0.39, 0.29) is 10.7 Å². The predicted octanol–water partition coefficient (Wildman–Crippen LogP) is 5.02. The molecule has 0 unspecified atom stereocenters. The maximum absolute atomic E-state index is 13.0. The van der Waals surface area contributed by atoms with Crippen molar-refractivity contribution in [2.45, 2.75) is 6.18 Å². The molecule has 1 N–H and O–H groups in total. The number of rotatable bonds is 4. The van der Waals surface area contributed by atoms with Crippen molar-refractivity contribution >= 4 is 29.3 Å². The van der Waals surface area contributed by atoms with Crippen LogP contribution in [0.4, 0.5) is 18.9 Å². The molecule has 2 rings (SSSR count). The number of carbonyl (C=O) groups excluding carboxylic acids is 1. The smallest absolute Gasteiger partial charge is 0.418 e. The van der Waals surface area contributed by atoms with E-state index in [4.69, 9.17) is 16.3 Å². The standard InChI is InChI=1S/C17H13ClF3NO2/c1-24-15-5-3-2-4-11(15)6-9-16(23)22-14-8-7-12(18)10-13(14)17(19,20)21/h2-10H,1H3,(H,22,23). The van der Waals surface area contributed by atoms with E-state index in [1.165, 1.54) is 19.3 Å². The molecule has 0 heterocycles. The third-order valence-corrected chi connectivity index (χ3v) is 3.33. The summed E-state index contributed by atoms with van der Waals surface area (Å²) in [6.45, 7) is 0. The molecule has 0 saturated carbocycles. The average molecular weight is 356 g/mol. The zero-order valence-corrected chi connectivity index (χ0v) is 13.3. The maximum atomic E-state index is 13.0. The van der Waals surface area contributed by atoms with Gasteiger partial charge < -0.3 is 10.1 Å². The zero-order chi connectivity index (χ0) is 17.7. The van der Waals surface area contributed by atoms with Gasteiger partial charge in [-0.1, -0.05) is 29.8 Å². The highest BCUT2D eigenvalue weighted by Gasteiger charge is 2.34. The van der Waals surface area contributed by atoms with Gasteiger partial charge >= 0.3 is 6.18 Å². The van der Waals surface area contributed by atoms with Gasteiger partial charge in [-0.2, -0.15) is 13.2 Å². The molecule has 0 bridgehead atoms. The number of alkyl halides is 3. The molecule has 0 saturated heterocycles. The monoisotopic (exact) mass is 355 g/mol. The van der Waals surface area contributed by atoms with E-state index in [2.05, 4.69) is 5.32 Å². The van der Waals surface area contributed by atoms with Crippen molar-refractivity contribution < 1.29 is 22.7 Å². The van der Waals surface area contributed by atoms with E-state index in [0.717, 1.165) is 18.2 Å². The maximum Gasteiger partial charge on any atom is 0.418 e. The Labute approximate surface area is 141 Å². The van der Waals surface area contributed by atoms with Crippen molar-refractivity contribution in [1.82, 2.24) is 0 Å². The van der Waals surface area contributed by atoms with E-state index in [1.54, 1.807) is 24.3 Å². The van der Waals surface area contributed by atoms with Gasteiger partial charge in [0.2, 0.25) is 5.91 Å². The van der Waals surface area contributed by atoms with Gasteiger partial charge in [-0.15, -0.1) is 0 Å². The first kappa shape index (κ1) is 17.9. The van der Waals surface area contributed by atoms with Gasteiger partial charge in [-0.05, 0) is 30.3 Å². The van der Waals surface area contributed by atoms with Gasteiger partial charge in [-0.25, -0.2) is 0 Å². The molecule has 0 aromatic heterocycles. The van der Waals surface area contributed by atoms with Crippen LogP contribution in [0.1, 0.15) is 11.1 Å². The minimum Gasteiger partial charge on any atom is -0.496 e. The van der Waals surface area contributed by atoms with Gasteiger partial charge in [0, 0.05) is 16.7 Å². The number of hydrogen-bond donors (Lipinski definition) is 1. The number of halogens is 4. The Kier molecular flexibility index (Phi) is 5.51. The Balaban J connectivity index is 2.20. The molecule has 3 nitrogen and oxygen atoms in total. The molecule has 1 amide bonds. The minimum atomic E-state index is -4.63. The highest BCUT2D eigenvalue weighted by Crippen LogP contribution is 2.36. The predicted molar refractivity (Wildman–Crippen MR) is 87.1 cm³/mol. The number of benzene rings is 2. The van der Waals surface area contributed by atoms with Crippen LogP contribution in [0.15, 0.2) is 48.5 Å². The molecular weight excluding hydrogens is 343 g/mol. The minimum absolute atomic E-state index is 0.0649. The largest absolute Gasteiger partial charge is 0.496 e. The fraction of sp³-hybridized carbons (Fsp3) is 0.118. The van der Waals surface area contributed by atoms with Crippen LogP contribution in [-0.2, 0) is 11.0 Å². The van der Waals surface area contributed by atoms with Crippen molar-refractivity contribution in [3.63, 3.8) is 0 Å². The SMILES string of the molecule is COc1ccccc1C=CC(=O)Nc1ccc(Cl)cc1C(F)(F)F. The summed E-state index contributed by atoms with van der Waals surface area (Å²) >= 11 is 5.59. The summed E-state index contributed by atoms with van der Waals surface area (Å²) in [6, 6.07) is 10.1. The lowest BCUT2D eigenvalue weighted by atomic mass is 10.1. The molecular formula is C17H13ClF3NO2. The number of nitrogens with one attached hydrogen (secondary N) is 1. The molecule has 126 valence electrons. The second kappa shape index (κ2) is 7.40. The molecule has 0 aliphatic carbocycles. The number of anilines is 1. The van der Waals surface area contributed by atoms with Crippen LogP contribution in [0.3, 0.4) is 0 Å². The third kappa shape index (κ3) is 4.52. The van der Waals surface area contributed by atoms with Crippen LogP contribution < -0.4 is 10.1 Å². The van der Waals surface area contributed by atoms with Crippen LogP contribution in [-0.4, -0.2) is 13.0 Å². The van der Waals surface area contributed by atoms with Gasteiger partial charge in [0.15, 0.2) is 0 Å². The van der Waals surface area contributed by atoms with Crippen LogP contribution in [0.5, 0.6) is 5.75 Å². The lowest BCUT2D eigenvalue weighted by Gasteiger charge is -2.13. The van der Waals surface area contributed by atoms with Gasteiger partial charge in [0.25, 0.3) is 0 Å². The summed E-state index contributed by atoms with van der Waals surface area (Å²) in [4.78, 5) is 11.9. The molecule has 0 radical (unpaired) electrons. The number of ether oxygens (including phenoxy) is 1. The number of para-hydroxylation sites is 1. The second-order valence-corrected chi connectivity index (χ2v) is 5.19. The van der Waals surface area contributed by atoms with Crippen molar-refractivity contribution in [1.29, 1.82) is 0 Å². The van der Waals surface area contributed by atoms with Crippen molar-refractivity contribution in [3.05, 3.63) is 64.7 Å². The van der Waals surface area contributed by atoms with Gasteiger partial charge in [-0.3, -0.25) is 4.79 Å². The average Bonchev–Trinajstić information content (AvgIpc) is 2.54. The Hall–Kier alpha value is -2.47. The summed E-state index contributed by atoms with van der Waals surface area (Å²) in [7, 11) is 1.48. The summed E-state index contributed by atoms with van der Waals surface area (Å²) in [5, 5.41) is 2.14. The lowest BCUT2D eigenvalue weighted by molar-refractivity contribution is -0.136. The molecule has 0 spiro atoms. The second-order valence-electron chi connectivity index (χ2n) is 4.75. The first-order chi connectivity index (χ1) is 11.3. The number of carbonyl (C=O) groups is 1. The van der Waals surface area contributed by atoms with Crippen LogP contribution in [0, 0.1) is 0 Å². The first-order valence-corrected chi connectivity index (χ1v) is 7.18. The number of methoxy groups -OCH3 is 1. The van der Waals surface area contributed by atoms with Crippen molar-refractivity contribution in [2.75, 3.05) is 12.4 Å².